The number of likely N-dealkylation sites (tertiary alicyclic amines) is 2. The van der Waals surface area contributed by atoms with E-state index in [-0.39, 0.29) is 23.8 Å². The van der Waals surface area contributed by atoms with E-state index in [9.17, 15) is 9.59 Å². The second-order valence-corrected chi connectivity index (χ2v) is 10.6. The molecule has 0 spiro atoms. The number of nitrogens with zero attached hydrogens (tertiary/aromatic N) is 2. The lowest BCUT2D eigenvalue weighted by Gasteiger charge is -2.26. The fourth-order valence-electron chi connectivity index (χ4n) is 5.85. The minimum atomic E-state index is -0.0439. The Morgan fingerprint density at radius 2 is 1.80 bits per heavy atom. The summed E-state index contributed by atoms with van der Waals surface area (Å²) < 4.78 is 5.41. The number of carbonyl (C=O) groups excluding carboxylic acids is 2. The Hall–Kier alpha value is -2.41. The topological polar surface area (TPSA) is 61.9 Å². The molecule has 3 aliphatic heterocycles. The Kier molecular flexibility index (Phi) is 7.42. The number of benzene rings is 2. The maximum Gasteiger partial charge on any atom is 0.255 e. The molecule has 186 valence electrons. The molecule has 0 saturated carbocycles. The highest BCUT2D eigenvalue weighted by molar-refractivity contribution is 6.34. The molecule has 0 aliphatic carbocycles. The standard InChI is InChI=1S/C28H34ClN3O3/c1-19-6-5-9-24(29)26(19)28(34)32-16-22-14-31(15-23(22)17-32)12-10-25(20-7-3-2-4-8-20)30-27(33)21-11-13-35-18-21/h2-9,21-23,25H,10-18H2,1H3,(H,30,33)/t21?,22?,23?,25-/m0/s1. The number of halogens is 1. The third kappa shape index (κ3) is 5.40. The van der Waals surface area contributed by atoms with E-state index in [1.807, 2.05) is 42.2 Å². The summed E-state index contributed by atoms with van der Waals surface area (Å²) in [6, 6.07) is 15.9. The van der Waals surface area contributed by atoms with Crippen molar-refractivity contribution in [2.45, 2.75) is 25.8 Å². The molecule has 0 radical (unpaired) electrons. The van der Waals surface area contributed by atoms with Gasteiger partial charge in [0.2, 0.25) is 5.91 Å². The highest BCUT2D eigenvalue weighted by Crippen LogP contribution is 2.34. The van der Waals surface area contributed by atoms with Crippen LogP contribution in [0.3, 0.4) is 0 Å². The van der Waals surface area contributed by atoms with Gasteiger partial charge >= 0.3 is 0 Å². The molecule has 3 aliphatic rings. The van der Waals surface area contributed by atoms with Crippen molar-refractivity contribution in [2.75, 3.05) is 45.9 Å². The van der Waals surface area contributed by atoms with Gasteiger partial charge in [0.15, 0.2) is 0 Å². The summed E-state index contributed by atoms with van der Waals surface area (Å²) in [4.78, 5) is 30.4. The predicted molar refractivity (Wildman–Crippen MR) is 136 cm³/mol. The first kappa shape index (κ1) is 24.3. The molecule has 2 aromatic carbocycles. The molecule has 2 aromatic rings. The van der Waals surface area contributed by atoms with Crippen molar-refractivity contribution < 1.29 is 14.3 Å². The average Bonchev–Trinajstić information content (AvgIpc) is 3.59. The van der Waals surface area contributed by atoms with Crippen molar-refractivity contribution in [3.63, 3.8) is 0 Å². The molecule has 6 nitrogen and oxygen atoms in total. The zero-order valence-electron chi connectivity index (χ0n) is 20.3. The molecular formula is C28H34ClN3O3. The Balaban J connectivity index is 1.17. The van der Waals surface area contributed by atoms with Crippen LogP contribution < -0.4 is 5.32 Å². The molecule has 3 fully saturated rings. The number of hydrogen-bond acceptors (Lipinski definition) is 4. The normalized spacial score (nSPS) is 25.0. The van der Waals surface area contributed by atoms with Crippen LogP contribution in [-0.4, -0.2) is 67.6 Å². The number of amides is 2. The van der Waals surface area contributed by atoms with Crippen LogP contribution in [0.5, 0.6) is 0 Å². The maximum atomic E-state index is 13.2. The Morgan fingerprint density at radius 1 is 1.06 bits per heavy atom. The Bertz CT molecular complexity index is 1020. The van der Waals surface area contributed by atoms with Crippen molar-refractivity contribution in [2.24, 2.45) is 17.8 Å². The molecule has 0 bridgehead atoms. The zero-order valence-corrected chi connectivity index (χ0v) is 21.0. The van der Waals surface area contributed by atoms with Crippen molar-refractivity contribution in [1.82, 2.24) is 15.1 Å². The molecule has 1 N–H and O–H groups in total. The van der Waals surface area contributed by atoms with Gasteiger partial charge in [-0.1, -0.05) is 54.1 Å². The van der Waals surface area contributed by atoms with Gasteiger partial charge in [-0.3, -0.25) is 9.59 Å². The van der Waals surface area contributed by atoms with Gasteiger partial charge in [-0.25, -0.2) is 0 Å². The zero-order chi connectivity index (χ0) is 24.4. The smallest absolute Gasteiger partial charge is 0.255 e. The predicted octanol–water partition coefficient (Wildman–Crippen LogP) is 3.94. The number of carbonyl (C=O) groups is 2. The first-order valence-corrected chi connectivity index (χ1v) is 13.1. The lowest BCUT2D eigenvalue weighted by Crippen LogP contribution is -2.37. The van der Waals surface area contributed by atoms with Gasteiger partial charge in [0.05, 0.1) is 29.2 Å². The van der Waals surface area contributed by atoms with E-state index in [0.29, 0.717) is 35.6 Å². The van der Waals surface area contributed by atoms with E-state index in [1.54, 1.807) is 6.07 Å². The maximum absolute atomic E-state index is 13.2. The van der Waals surface area contributed by atoms with Crippen LogP contribution in [0.25, 0.3) is 0 Å². The quantitative estimate of drug-likeness (QED) is 0.632. The molecule has 3 saturated heterocycles. The first-order chi connectivity index (χ1) is 17.0. The van der Waals surface area contributed by atoms with Crippen LogP contribution >= 0.6 is 11.6 Å². The number of aryl methyl sites for hydroxylation is 1. The summed E-state index contributed by atoms with van der Waals surface area (Å²) in [5, 5.41) is 3.82. The second-order valence-electron chi connectivity index (χ2n) is 10.2. The van der Waals surface area contributed by atoms with Crippen LogP contribution in [0, 0.1) is 24.7 Å². The molecular weight excluding hydrogens is 462 g/mol. The Morgan fingerprint density at radius 3 is 2.46 bits per heavy atom. The highest BCUT2D eigenvalue weighted by Gasteiger charge is 2.42. The van der Waals surface area contributed by atoms with Gasteiger partial charge in [0.25, 0.3) is 5.91 Å². The van der Waals surface area contributed by atoms with Gasteiger partial charge in [-0.05, 0) is 48.8 Å². The molecule has 5 rings (SSSR count). The summed E-state index contributed by atoms with van der Waals surface area (Å²) in [5.41, 5.74) is 2.71. The molecule has 3 heterocycles. The lowest BCUT2D eigenvalue weighted by atomic mass is 10.0. The van der Waals surface area contributed by atoms with E-state index in [4.69, 9.17) is 16.3 Å². The second kappa shape index (κ2) is 10.7. The van der Waals surface area contributed by atoms with Gasteiger partial charge < -0.3 is 19.9 Å². The SMILES string of the molecule is Cc1cccc(Cl)c1C(=O)N1CC2CN(CC[C@H](NC(=O)C3CCOC3)c3ccccc3)CC2C1. The summed E-state index contributed by atoms with van der Waals surface area (Å²) >= 11 is 6.35. The van der Waals surface area contributed by atoms with E-state index in [2.05, 4.69) is 22.3 Å². The van der Waals surface area contributed by atoms with Crippen molar-refractivity contribution in [3.8, 4) is 0 Å². The third-order valence-corrected chi connectivity index (χ3v) is 8.15. The molecule has 2 amide bonds. The van der Waals surface area contributed by atoms with E-state index < -0.39 is 0 Å². The van der Waals surface area contributed by atoms with Gasteiger partial charge in [-0.2, -0.15) is 0 Å². The minimum absolute atomic E-state index is 0.00832. The summed E-state index contributed by atoms with van der Waals surface area (Å²) in [7, 11) is 0. The number of rotatable bonds is 7. The monoisotopic (exact) mass is 495 g/mol. The highest BCUT2D eigenvalue weighted by atomic mass is 35.5. The van der Waals surface area contributed by atoms with Crippen LogP contribution in [0.15, 0.2) is 48.5 Å². The summed E-state index contributed by atoms with van der Waals surface area (Å²) in [5.74, 6) is 1.08. The van der Waals surface area contributed by atoms with Gasteiger partial charge in [-0.15, -0.1) is 0 Å². The number of fused-ring (bicyclic) bond motifs is 1. The average molecular weight is 496 g/mol. The third-order valence-electron chi connectivity index (χ3n) is 7.84. The van der Waals surface area contributed by atoms with Crippen LogP contribution in [-0.2, 0) is 9.53 Å². The fraction of sp³-hybridized carbons (Fsp3) is 0.500. The van der Waals surface area contributed by atoms with Crippen molar-refractivity contribution in [3.05, 3.63) is 70.2 Å². The first-order valence-electron chi connectivity index (χ1n) is 12.7. The van der Waals surface area contributed by atoms with E-state index in [0.717, 1.165) is 56.7 Å². The molecule has 0 aromatic heterocycles. The van der Waals surface area contributed by atoms with E-state index >= 15 is 0 Å². The molecule has 35 heavy (non-hydrogen) atoms. The summed E-state index contributed by atoms with van der Waals surface area (Å²) in [6.45, 7) is 7.59. The number of ether oxygens (including phenoxy) is 1. The number of nitrogens with one attached hydrogen (secondary N) is 1. The number of hydrogen-bond donors (Lipinski definition) is 1. The van der Waals surface area contributed by atoms with Crippen LogP contribution in [0.2, 0.25) is 5.02 Å². The minimum Gasteiger partial charge on any atom is -0.381 e. The van der Waals surface area contributed by atoms with E-state index in [1.165, 1.54) is 0 Å². The molecule has 4 atom stereocenters. The Labute approximate surface area is 212 Å². The van der Waals surface area contributed by atoms with Gasteiger partial charge in [0.1, 0.15) is 0 Å². The fourth-order valence-corrected chi connectivity index (χ4v) is 6.15. The molecule has 7 heteroatoms. The van der Waals surface area contributed by atoms with Crippen molar-refractivity contribution >= 4 is 23.4 Å². The summed E-state index contributed by atoms with van der Waals surface area (Å²) in [6.07, 6.45) is 1.66. The van der Waals surface area contributed by atoms with Crippen LogP contribution in [0.4, 0.5) is 0 Å². The van der Waals surface area contributed by atoms with Gasteiger partial charge in [0, 0.05) is 39.3 Å². The van der Waals surface area contributed by atoms with Crippen molar-refractivity contribution in [1.29, 1.82) is 0 Å². The molecule has 3 unspecified atom stereocenters. The largest absolute Gasteiger partial charge is 0.381 e. The van der Waals surface area contributed by atoms with Crippen LogP contribution in [0.1, 0.15) is 40.4 Å². The lowest BCUT2D eigenvalue weighted by molar-refractivity contribution is -0.125.